The molecule has 18 heavy (non-hydrogen) atoms. The SMILES string of the molecule is CCOc1cc(N)cc(NCCOCC(F)F)c1. The molecule has 0 amide bonds. The van der Waals surface area contributed by atoms with E-state index < -0.39 is 13.0 Å². The van der Waals surface area contributed by atoms with E-state index in [4.69, 9.17) is 15.2 Å². The summed E-state index contributed by atoms with van der Waals surface area (Å²) in [7, 11) is 0. The summed E-state index contributed by atoms with van der Waals surface area (Å²) in [4.78, 5) is 0. The number of ether oxygens (including phenoxy) is 2. The lowest BCUT2D eigenvalue weighted by atomic mass is 10.2. The van der Waals surface area contributed by atoms with Crippen molar-refractivity contribution >= 4 is 11.4 Å². The number of hydrogen-bond donors (Lipinski definition) is 2. The summed E-state index contributed by atoms with van der Waals surface area (Å²) in [5.74, 6) is 0.675. The zero-order chi connectivity index (χ0) is 13.4. The number of anilines is 2. The lowest BCUT2D eigenvalue weighted by Crippen LogP contribution is -2.13. The molecule has 1 aromatic carbocycles. The van der Waals surface area contributed by atoms with Crippen molar-refractivity contribution < 1.29 is 18.3 Å². The molecule has 3 N–H and O–H groups in total. The van der Waals surface area contributed by atoms with Crippen LogP contribution in [0, 0.1) is 0 Å². The molecule has 0 unspecified atom stereocenters. The third-order valence-electron chi connectivity index (χ3n) is 2.06. The Labute approximate surface area is 105 Å². The second-order valence-electron chi connectivity index (χ2n) is 3.62. The van der Waals surface area contributed by atoms with E-state index in [1.165, 1.54) is 0 Å². The minimum absolute atomic E-state index is 0.211. The summed E-state index contributed by atoms with van der Waals surface area (Å²) in [5.41, 5.74) is 7.07. The summed E-state index contributed by atoms with van der Waals surface area (Å²) in [6.07, 6.45) is -2.43. The minimum Gasteiger partial charge on any atom is -0.494 e. The van der Waals surface area contributed by atoms with Crippen LogP contribution >= 0.6 is 0 Å². The first-order valence-electron chi connectivity index (χ1n) is 5.75. The van der Waals surface area contributed by atoms with E-state index in [2.05, 4.69) is 5.32 Å². The zero-order valence-electron chi connectivity index (χ0n) is 10.3. The molecule has 1 rings (SSSR count). The lowest BCUT2D eigenvalue weighted by Gasteiger charge is -2.10. The van der Waals surface area contributed by atoms with Gasteiger partial charge in [-0.15, -0.1) is 0 Å². The number of hydrogen-bond acceptors (Lipinski definition) is 4. The van der Waals surface area contributed by atoms with E-state index >= 15 is 0 Å². The van der Waals surface area contributed by atoms with E-state index in [0.717, 1.165) is 5.69 Å². The number of benzene rings is 1. The lowest BCUT2D eigenvalue weighted by molar-refractivity contribution is 0.0215. The molecule has 0 aliphatic rings. The molecule has 6 heteroatoms. The van der Waals surface area contributed by atoms with Crippen molar-refractivity contribution in [2.45, 2.75) is 13.3 Å². The van der Waals surface area contributed by atoms with Crippen LogP contribution in [0.5, 0.6) is 5.75 Å². The van der Waals surface area contributed by atoms with Crippen molar-refractivity contribution in [1.29, 1.82) is 0 Å². The highest BCUT2D eigenvalue weighted by Crippen LogP contribution is 2.22. The first kappa shape index (κ1) is 14.5. The molecule has 0 fully saturated rings. The molecule has 0 aliphatic heterocycles. The highest BCUT2D eigenvalue weighted by atomic mass is 19.3. The average Bonchev–Trinajstić information content (AvgIpc) is 2.28. The van der Waals surface area contributed by atoms with Crippen LogP contribution < -0.4 is 15.8 Å². The van der Waals surface area contributed by atoms with Crippen LogP contribution in [-0.2, 0) is 4.74 Å². The van der Waals surface area contributed by atoms with E-state index in [1.807, 2.05) is 6.92 Å². The fourth-order valence-electron chi connectivity index (χ4n) is 1.41. The van der Waals surface area contributed by atoms with Crippen LogP contribution in [-0.4, -0.2) is 32.8 Å². The maximum atomic E-state index is 11.8. The van der Waals surface area contributed by atoms with Crippen LogP contribution in [0.2, 0.25) is 0 Å². The molecular formula is C12H18F2N2O2. The summed E-state index contributed by atoms with van der Waals surface area (Å²) in [5, 5.41) is 3.03. The van der Waals surface area contributed by atoms with Crippen LogP contribution in [0.3, 0.4) is 0 Å². The van der Waals surface area contributed by atoms with Crippen molar-refractivity contribution in [3.8, 4) is 5.75 Å². The van der Waals surface area contributed by atoms with Gasteiger partial charge >= 0.3 is 0 Å². The van der Waals surface area contributed by atoms with Crippen molar-refractivity contribution in [1.82, 2.24) is 0 Å². The van der Waals surface area contributed by atoms with Gasteiger partial charge in [-0.2, -0.15) is 0 Å². The van der Waals surface area contributed by atoms with Crippen LogP contribution in [0.1, 0.15) is 6.92 Å². The van der Waals surface area contributed by atoms with Gasteiger partial charge in [-0.1, -0.05) is 0 Å². The zero-order valence-corrected chi connectivity index (χ0v) is 10.3. The number of halogens is 2. The molecule has 0 atom stereocenters. The van der Waals surface area contributed by atoms with Crippen LogP contribution in [0.25, 0.3) is 0 Å². The maximum Gasteiger partial charge on any atom is 0.261 e. The van der Waals surface area contributed by atoms with Gasteiger partial charge < -0.3 is 20.5 Å². The molecule has 1 aromatic rings. The second kappa shape index (κ2) is 7.71. The fourth-order valence-corrected chi connectivity index (χ4v) is 1.41. The van der Waals surface area contributed by atoms with Crippen LogP contribution in [0.4, 0.5) is 20.2 Å². The van der Waals surface area contributed by atoms with Crippen molar-refractivity contribution in [2.75, 3.05) is 37.4 Å². The molecule has 0 spiro atoms. The Morgan fingerprint density at radius 2 is 2.11 bits per heavy atom. The van der Waals surface area contributed by atoms with Gasteiger partial charge in [0.2, 0.25) is 0 Å². The highest BCUT2D eigenvalue weighted by molar-refractivity contribution is 5.59. The van der Waals surface area contributed by atoms with Gasteiger partial charge in [-0.3, -0.25) is 0 Å². The van der Waals surface area contributed by atoms with Gasteiger partial charge in [0.15, 0.2) is 0 Å². The standard InChI is InChI=1S/C12H18F2N2O2/c1-2-18-11-6-9(15)5-10(7-11)16-3-4-17-8-12(13)14/h5-7,12,16H,2-4,8,15H2,1H3. The summed E-state index contributed by atoms with van der Waals surface area (Å²) >= 11 is 0. The largest absolute Gasteiger partial charge is 0.494 e. The Kier molecular flexibility index (Phi) is 6.21. The average molecular weight is 260 g/mol. The van der Waals surface area contributed by atoms with Gasteiger partial charge in [-0.05, 0) is 13.0 Å². The minimum atomic E-state index is -2.43. The molecule has 0 bridgehead atoms. The predicted octanol–water partition coefficient (Wildman–Crippen LogP) is 2.36. The molecule has 0 saturated heterocycles. The summed E-state index contributed by atoms with van der Waals surface area (Å²) < 4.78 is 33.7. The number of nitrogens with two attached hydrogens (primary N) is 1. The Hall–Kier alpha value is -1.56. The van der Waals surface area contributed by atoms with E-state index in [9.17, 15) is 8.78 Å². The van der Waals surface area contributed by atoms with Gasteiger partial charge in [-0.25, -0.2) is 8.78 Å². The third-order valence-corrected chi connectivity index (χ3v) is 2.06. The Bertz CT molecular complexity index is 362. The van der Waals surface area contributed by atoms with Crippen molar-refractivity contribution in [2.24, 2.45) is 0 Å². The van der Waals surface area contributed by atoms with Gasteiger partial charge in [0.25, 0.3) is 6.43 Å². The van der Waals surface area contributed by atoms with Gasteiger partial charge in [0.05, 0.1) is 13.2 Å². The molecule has 0 aromatic heterocycles. The first-order chi connectivity index (χ1) is 8.61. The topological polar surface area (TPSA) is 56.5 Å². The highest BCUT2D eigenvalue weighted by Gasteiger charge is 2.02. The first-order valence-corrected chi connectivity index (χ1v) is 5.75. The van der Waals surface area contributed by atoms with Crippen molar-refractivity contribution in [3.63, 3.8) is 0 Å². The number of alkyl halides is 2. The maximum absolute atomic E-state index is 11.8. The predicted molar refractivity (Wildman–Crippen MR) is 67.3 cm³/mol. The van der Waals surface area contributed by atoms with E-state index in [0.29, 0.717) is 24.6 Å². The smallest absolute Gasteiger partial charge is 0.261 e. The number of nitrogens with one attached hydrogen (secondary N) is 1. The Morgan fingerprint density at radius 3 is 2.78 bits per heavy atom. The van der Waals surface area contributed by atoms with Crippen LogP contribution in [0.15, 0.2) is 18.2 Å². The van der Waals surface area contributed by atoms with Gasteiger partial charge in [0, 0.05) is 30.1 Å². The van der Waals surface area contributed by atoms with Crippen molar-refractivity contribution in [3.05, 3.63) is 18.2 Å². The van der Waals surface area contributed by atoms with Gasteiger partial charge in [0.1, 0.15) is 12.4 Å². The normalized spacial score (nSPS) is 10.7. The molecular weight excluding hydrogens is 242 g/mol. The molecule has 102 valence electrons. The van der Waals surface area contributed by atoms with E-state index in [1.54, 1.807) is 18.2 Å². The second-order valence-corrected chi connectivity index (χ2v) is 3.62. The van der Waals surface area contributed by atoms with E-state index in [-0.39, 0.29) is 6.61 Å². The molecule has 0 radical (unpaired) electrons. The Balaban J connectivity index is 2.37. The number of rotatable bonds is 8. The quantitative estimate of drug-likeness (QED) is 0.556. The molecule has 4 nitrogen and oxygen atoms in total. The summed E-state index contributed by atoms with van der Waals surface area (Å²) in [6.45, 7) is 2.54. The monoisotopic (exact) mass is 260 g/mol. The Morgan fingerprint density at radius 1 is 1.33 bits per heavy atom. The summed E-state index contributed by atoms with van der Waals surface area (Å²) in [6, 6.07) is 5.27. The fraction of sp³-hybridized carbons (Fsp3) is 0.500. The molecule has 0 saturated carbocycles. The molecule has 0 aliphatic carbocycles. The number of nitrogen functional groups attached to an aromatic ring is 1. The molecule has 0 heterocycles. The third kappa shape index (κ3) is 5.67.